The molecule has 1 heterocycles. The molecule has 3 rings (SSSR count). The number of Topliss-reactive ketones (excluding diaryl/α,β-unsaturated/α-hetero) is 1. The summed E-state index contributed by atoms with van der Waals surface area (Å²) in [6.45, 7) is 2.81. The highest BCUT2D eigenvalue weighted by atomic mass is 16.1. The lowest BCUT2D eigenvalue weighted by Crippen LogP contribution is -2.24. The van der Waals surface area contributed by atoms with Crippen LogP contribution in [0.15, 0.2) is 36.5 Å². The molecule has 0 aliphatic heterocycles. The van der Waals surface area contributed by atoms with Crippen LogP contribution in [0.3, 0.4) is 0 Å². The van der Waals surface area contributed by atoms with Crippen LogP contribution < -0.4 is 0 Å². The molecule has 0 saturated heterocycles. The summed E-state index contributed by atoms with van der Waals surface area (Å²) in [5.41, 5.74) is 1.43. The number of hydrogen-bond acceptors (Lipinski definition) is 3. The minimum absolute atomic E-state index is 0.164. The van der Waals surface area contributed by atoms with Crippen molar-refractivity contribution >= 4 is 5.78 Å². The summed E-state index contributed by atoms with van der Waals surface area (Å²) in [6, 6.07) is 10.0. The monoisotopic (exact) mass is 255 g/mol. The highest BCUT2D eigenvalue weighted by Crippen LogP contribution is 2.50. The van der Waals surface area contributed by atoms with Crippen molar-refractivity contribution in [3.05, 3.63) is 47.8 Å². The van der Waals surface area contributed by atoms with E-state index in [2.05, 4.69) is 17.2 Å². The molecule has 0 N–H and O–H groups in total. The second-order valence-electron chi connectivity index (χ2n) is 5.12. The lowest BCUT2D eigenvalue weighted by Gasteiger charge is -2.14. The third-order valence-corrected chi connectivity index (χ3v) is 3.80. The van der Waals surface area contributed by atoms with Crippen LogP contribution in [0, 0.1) is 0 Å². The summed E-state index contributed by atoms with van der Waals surface area (Å²) in [5.74, 6) is 0.164. The van der Waals surface area contributed by atoms with Gasteiger partial charge < -0.3 is 0 Å². The number of nitrogens with zero attached hydrogens (tertiary/aromatic N) is 3. The maximum atomic E-state index is 12.8. The normalized spacial score (nSPS) is 16.3. The lowest BCUT2D eigenvalue weighted by atomic mass is 9.90. The molecule has 19 heavy (non-hydrogen) atoms. The molecular formula is C15H17N3O. The summed E-state index contributed by atoms with van der Waals surface area (Å²) >= 11 is 0. The van der Waals surface area contributed by atoms with Gasteiger partial charge in [0.1, 0.15) is 5.69 Å². The predicted molar refractivity (Wildman–Crippen MR) is 72.0 cm³/mol. The van der Waals surface area contributed by atoms with Gasteiger partial charge in [-0.15, -0.1) is 5.10 Å². The fraction of sp³-hybridized carbons (Fsp3) is 0.400. The Balaban J connectivity index is 1.94. The van der Waals surface area contributed by atoms with Gasteiger partial charge in [0.25, 0.3) is 0 Å². The smallest absolute Gasteiger partial charge is 0.193 e. The van der Waals surface area contributed by atoms with Crippen LogP contribution in [0.25, 0.3) is 0 Å². The van der Waals surface area contributed by atoms with Gasteiger partial charge >= 0.3 is 0 Å². The topological polar surface area (TPSA) is 47.8 Å². The summed E-state index contributed by atoms with van der Waals surface area (Å²) in [7, 11) is 0. The molecule has 0 bridgehead atoms. The Kier molecular flexibility index (Phi) is 2.93. The van der Waals surface area contributed by atoms with E-state index in [1.54, 1.807) is 10.9 Å². The number of aromatic nitrogens is 3. The Morgan fingerprint density at radius 2 is 2.05 bits per heavy atom. The summed E-state index contributed by atoms with van der Waals surface area (Å²) in [5, 5.41) is 7.90. The van der Waals surface area contributed by atoms with Crippen molar-refractivity contribution in [3.63, 3.8) is 0 Å². The Morgan fingerprint density at radius 1 is 1.32 bits per heavy atom. The van der Waals surface area contributed by atoms with Gasteiger partial charge in [-0.05, 0) is 24.8 Å². The fourth-order valence-electron chi connectivity index (χ4n) is 2.58. The molecule has 0 spiro atoms. The van der Waals surface area contributed by atoms with Crippen molar-refractivity contribution in [2.45, 2.75) is 38.1 Å². The molecule has 0 atom stereocenters. The molecule has 4 heteroatoms. The van der Waals surface area contributed by atoms with Gasteiger partial charge in [0, 0.05) is 6.54 Å². The molecule has 1 fully saturated rings. The first kappa shape index (κ1) is 12.1. The van der Waals surface area contributed by atoms with Gasteiger partial charge in [0.05, 0.1) is 11.6 Å². The van der Waals surface area contributed by atoms with Crippen LogP contribution in [0.1, 0.15) is 42.2 Å². The van der Waals surface area contributed by atoms with Crippen molar-refractivity contribution in [1.29, 1.82) is 0 Å². The van der Waals surface area contributed by atoms with E-state index in [1.165, 1.54) is 0 Å². The maximum Gasteiger partial charge on any atom is 0.193 e. The summed E-state index contributed by atoms with van der Waals surface area (Å²) in [4.78, 5) is 12.8. The predicted octanol–water partition coefficient (Wildman–Crippen LogP) is 2.60. The highest BCUT2D eigenvalue weighted by Gasteiger charge is 2.52. The Morgan fingerprint density at radius 3 is 2.68 bits per heavy atom. The van der Waals surface area contributed by atoms with Gasteiger partial charge in [-0.1, -0.05) is 42.5 Å². The SMILES string of the molecule is CCCn1nncc1C(=O)C1(c2ccccc2)CC1. The minimum atomic E-state index is -0.325. The van der Waals surface area contributed by atoms with Crippen molar-refractivity contribution in [3.8, 4) is 0 Å². The van der Waals surface area contributed by atoms with Crippen molar-refractivity contribution in [2.75, 3.05) is 0 Å². The van der Waals surface area contributed by atoms with E-state index in [0.29, 0.717) is 5.69 Å². The number of hydrogen-bond donors (Lipinski definition) is 0. The van der Waals surface area contributed by atoms with Gasteiger partial charge in [0.2, 0.25) is 0 Å². The van der Waals surface area contributed by atoms with Crippen LogP contribution >= 0.6 is 0 Å². The second-order valence-corrected chi connectivity index (χ2v) is 5.12. The average molecular weight is 255 g/mol. The minimum Gasteiger partial charge on any atom is -0.291 e. The molecule has 0 unspecified atom stereocenters. The van der Waals surface area contributed by atoms with Crippen molar-refractivity contribution < 1.29 is 4.79 Å². The maximum absolute atomic E-state index is 12.8. The number of ketones is 1. The van der Waals surface area contributed by atoms with Gasteiger partial charge in [-0.3, -0.25) is 4.79 Å². The van der Waals surface area contributed by atoms with Crippen molar-refractivity contribution in [2.24, 2.45) is 0 Å². The third-order valence-electron chi connectivity index (χ3n) is 3.80. The van der Waals surface area contributed by atoms with E-state index in [0.717, 1.165) is 31.4 Å². The lowest BCUT2D eigenvalue weighted by molar-refractivity contribution is 0.0935. The number of benzene rings is 1. The first-order chi connectivity index (χ1) is 9.28. The molecule has 1 saturated carbocycles. The molecule has 1 aliphatic rings. The Labute approximate surface area is 112 Å². The standard InChI is InChI=1S/C15H17N3O/c1-2-10-18-13(11-16-17-18)14(19)15(8-9-15)12-6-4-3-5-7-12/h3-7,11H,2,8-10H2,1H3. The van der Waals surface area contributed by atoms with Gasteiger partial charge in [-0.2, -0.15) is 0 Å². The van der Waals surface area contributed by atoms with E-state index >= 15 is 0 Å². The third kappa shape index (κ3) is 1.97. The molecule has 0 amide bonds. The number of aryl methyl sites for hydroxylation is 1. The van der Waals surface area contributed by atoms with Crippen LogP contribution in [-0.2, 0) is 12.0 Å². The van der Waals surface area contributed by atoms with E-state index in [4.69, 9.17) is 0 Å². The second kappa shape index (κ2) is 4.61. The van der Waals surface area contributed by atoms with E-state index < -0.39 is 0 Å². The summed E-state index contributed by atoms with van der Waals surface area (Å²) < 4.78 is 1.73. The van der Waals surface area contributed by atoms with Crippen LogP contribution in [0.5, 0.6) is 0 Å². The molecule has 4 nitrogen and oxygen atoms in total. The fourth-order valence-corrected chi connectivity index (χ4v) is 2.58. The average Bonchev–Trinajstić information content (AvgIpc) is 3.14. The zero-order valence-electron chi connectivity index (χ0n) is 11.0. The van der Waals surface area contributed by atoms with E-state index in [9.17, 15) is 4.79 Å². The van der Waals surface area contributed by atoms with Crippen LogP contribution in [-0.4, -0.2) is 20.8 Å². The van der Waals surface area contributed by atoms with Gasteiger partial charge in [-0.25, -0.2) is 4.68 Å². The molecule has 1 aromatic carbocycles. The molecular weight excluding hydrogens is 238 g/mol. The summed E-state index contributed by atoms with van der Waals surface area (Å²) in [6.07, 6.45) is 4.39. The first-order valence-electron chi connectivity index (χ1n) is 6.77. The molecule has 2 aromatic rings. The number of carbonyl (C=O) groups is 1. The molecule has 98 valence electrons. The highest BCUT2D eigenvalue weighted by molar-refractivity contribution is 6.04. The molecule has 0 radical (unpaired) electrons. The van der Waals surface area contributed by atoms with E-state index in [1.807, 2.05) is 30.3 Å². The van der Waals surface area contributed by atoms with Crippen LogP contribution in [0.2, 0.25) is 0 Å². The Hall–Kier alpha value is -1.97. The Bertz CT molecular complexity index is 584. The quantitative estimate of drug-likeness (QED) is 0.771. The first-order valence-corrected chi connectivity index (χ1v) is 6.77. The van der Waals surface area contributed by atoms with Gasteiger partial charge in [0.15, 0.2) is 5.78 Å². The number of carbonyl (C=O) groups excluding carboxylic acids is 1. The largest absolute Gasteiger partial charge is 0.291 e. The molecule has 1 aliphatic carbocycles. The number of rotatable bonds is 5. The zero-order chi connectivity index (χ0) is 13.3. The van der Waals surface area contributed by atoms with Crippen LogP contribution in [0.4, 0.5) is 0 Å². The van der Waals surface area contributed by atoms with E-state index in [-0.39, 0.29) is 11.2 Å². The molecule has 1 aromatic heterocycles. The zero-order valence-corrected chi connectivity index (χ0v) is 11.0. The van der Waals surface area contributed by atoms with Crippen molar-refractivity contribution in [1.82, 2.24) is 15.0 Å².